The van der Waals surface area contributed by atoms with E-state index in [0.29, 0.717) is 0 Å². The van der Waals surface area contributed by atoms with Gasteiger partial charge in [-0.25, -0.2) is 0 Å². The van der Waals surface area contributed by atoms with E-state index < -0.39 is 0 Å². The van der Waals surface area contributed by atoms with Gasteiger partial charge in [0.2, 0.25) is 5.91 Å². The minimum Gasteiger partial charge on any atom is -0.495 e. The van der Waals surface area contributed by atoms with Crippen molar-refractivity contribution >= 4 is 16.8 Å². The molecule has 0 unspecified atom stereocenters. The molecule has 0 radical (unpaired) electrons. The van der Waals surface area contributed by atoms with Crippen LogP contribution >= 0.6 is 0 Å². The lowest BCUT2D eigenvalue weighted by Gasteiger charge is -2.05. The molecule has 0 aliphatic carbocycles. The van der Waals surface area contributed by atoms with Crippen LogP contribution in [0.4, 0.5) is 0 Å². The highest BCUT2D eigenvalue weighted by molar-refractivity contribution is 5.94. The Morgan fingerprint density at radius 1 is 1.36 bits per heavy atom. The summed E-state index contributed by atoms with van der Waals surface area (Å²) in [7, 11) is 1.60. The summed E-state index contributed by atoms with van der Waals surface area (Å²) >= 11 is 0. The SMILES string of the molecule is COc1cccc2ccn(C(C)=O)c12. The molecule has 72 valence electrons. The van der Waals surface area contributed by atoms with Crippen molar-refractivity contribution in [1.82, 2.24) is 4.57 Å². The van der Waals surface area contributed by atoms with E-state index >= 15 is 0 Å². The summed E-state index contributed by atoms with van der Waals surface area (Å²) in [6, 6.07) is 7.62. The number of carbonyl (C=O) groups excluding carboxylic acids is 1. The molecule has 2 aromatic rings. The average molecular weight is 189 g/mol. The lowest BCUT2D eigenvalue weighted by Crippen LogP contribution is -2.03. The number of carbonyl (C=O) groups is 1. The van der Waals surface area contributed by atoms with Crippen molar-refractivity contribution in [2.75, 3.05) is 7.11 Å². The zero-order valence-corrected chi connectivity index (χ0v) is 8.15. The molecule has 3 heteroatoms. The summed E-state index contributed by atoms with van der Waals surface area (Å²) in [6.45, 7) is 1.53. The van der Waals surface area contributed by atoms with Crippen molar-refractivity contribution in [2.24, 2.45) is 0 Å². The second-order valence-corrected chi connectivity index (χ2v) is 3.10. The number of benzene rings is 1. The minimum atomic E-state index is -0.00972. The quantitative estimate of drug-likeness (QED) is 0.689. The van der Waals surface area contributed by atoms with E-state index in [1.807, 2.05) is 24.3 Å². The van der Waals surface area contributed by atoms with Gasteiger partial charge in [0.05, 0.1) is 12.6 Å². The second kappa shape index (κ2) is 3.18. The van der Waals surface area contributed by atoms with Crippen molar-refractivity contribution in [2.45, 2.75) is 6.92 Å². The fourth-order valence-corrected chi connectivity index (χ4v) is 1.59. The summed E-state index contributed by atoms with van der Waals surface area (Å²) < 4.78 is 6.80. The molecule has 0 fully saturated rings. The maximum Gasteiger partial charge on any atom is 0.228 e. The van der Waals surface area contributed by atoms with Crippen molar-refractivity contribution in [1.29, 1.82) is 0 Å². The van der Waals surface area contributed by atoms with Crippen LogP contribution in [0.1, 0.15) is 11.7 Å². The monoisotopic (exact) mass is 189 g/mol. The fraction of sp³-hybridized carbons (Fsp3) is 0.182. The van der Waals surface area contributed by atoms with Gasteiger partial charge in [-0.3, -0.25) is 9.36 Å². The molecular formula is C11H11NO2. The Morgan fingerprint density at radius 3 is 2.79 bits per heavy atom. The normalized spacial score (nSPS) is 10.4. The molecule has 1 aromatic heterocycles. The number of rotatable bonds is 1. The van der Waals surface area contributed by atoms with Crippen molar-refractivity contribution in [3.8, 4) is 5.75 Å². The van der Waals surface area contributed by atoms with Crippen LogP contribution < -0.4 is 4.74 Å². The fourth-order valence-electron chi connectivity index (χ4n) is 1.59. The molecule has 1 heterocycles. The van der Waals surface area contributed by atoms with Crippen LogP contribution in [0.3, 0.4) is 0 Å². The Hall–Kier alpha value is -1.77. The number of methoxy groups -OCH3 is 1. The first kappa shape index (κ1) is 8.81. The molecule has 2 rings (SSSR count). The van der Waals surface area contributed by atoms with Gasteiger partial charge in [0, 0.05) is 18.5 Å². The third kappa shape index (κ3) is 1.18. The molecule has 0 aliphatic rings. The highest BCUT2D eigenvalue weighted by Crippen LogP contribution is 2.25. The van der Waals surface area contributed by atoms with Crippen LogP contribution in [0.25, 0.3) is 10.9 Å². The molecule has 0 aliphatic heterocycles. The summed E-state index contributed by atoms with van der Waals surface area (Å²) in [4.78, 5) is 11.3. The van der Waals surface area contributed by atoms with Crippen LogP contribution in [0.2, 0.25) is 0 Å². The van der Waals surface area contributed by atoms with Crippen molar-refractivity contribution < 1.29 is 9.53 Å². The first-order chi connectivity index (χ1) is 6.74. The number of ether oxygens (including phenoxy) is 1. The molecule has 1 aromatic carbocycles. The summed E-state index contributed by atoms with van der Waals surface area (Å²) in [5.74, 6) is 0.715. The van der Waals surface area contributed by atoms with E-state index in [0.717, 1.165) is 16.7 Å². The molecule has 0 amide bonds. The number of nitrogens with zero attached hydrogens (tertiary/aromatic N) is 1. The molecule has 3 nitrogen and oxygen atoms in total. The summed E-state index contributed by atoms with van der Waals surface area (Å²) in [5, 5.41) is 1.01. The maximum absolute atomic E-state index is 11.3. The highest BCUT2D eigenvalue weighted by atomic mass is 16.5. The molecule has 0 bridgehead atoms. The van der Waals surface area contributed by atoms with E-state index in [1.54, 1.807) is 17.9 Å². The summed E-state index contributed by atoms with van der Waals surface area (Å²) in [6.07, 6.45) is 1.76. The maximum atomic E-state index is 11.3. The predicted molar refractivity (Wildman–Crippen MR) is 54.8 cm³/mol. The van der Waals surface area contributed by atoms with Gasteiger partial charge in [-0.15, -0.1) is 0 Å². The van der Waals surface area contributed by atoms with Crippen LogP contribution in [0.5, 0.6) is 5.75 Å². The van der Waals surface area contributed by atoms with Gasteiger partial charge in [-0.1, -0.05) is 12.1 Å². The lowest BCUT2D eigenvalue weighted by atomic mass is 10.2. The van der Waals surface area contributed by atoms with Crippen LogP contribution in [-0.4, -0.2) is 17.6 Å². The first-order valence-electron chi connectivity index (χ1n) is 4.39. The van der Waals surface area contributed by atoms with E-state index in [1.165, 1.54) is 6.92 Å². The van der Waals surface area contributed by atoms with Crippen molar-refractivity contribution in [3.05, 3.63) is 30.5 Å². The number of aromatic nitrogens is 1. The smallest absolute Gasteiger partial charge is 0.228 e. The Morgan fingerprint density at radius 2 is 2.14 bits per heavy atom. The van der Waals surface area contributed by atoms with Crippen molar-refractivity contribution in [3.63, 3.8) is 0 Å². The number of fused-ring (bicyclic) bond motifs is 1. The standard InChI is InChI=1S/C11H11NO2/c1-8(13)12-7-6-9-4-3-5-10(14-2)11(9)12/h3-7H,1-2H3. The largest absolute Gasteiger partial charge is 0.495 e. The number of hydrogen-bond donors (Lipinski definition) is 0. The summed E-state index contributed by atoms with van der Waals surface area (Å²) in [5.41, 5.74) is 0.836. The molecule has 0 spiro atoms. The van der Waals surface area contributed by atoms with Gasteiger partial charge in [0.25, 0.3) is 0 Å². The van der Waals surface area contributed by atoms with E-state index in [9.17, 15) is 4.79 Å². The van der Waals surface area contributed by atoms with Crippen LogP contribution in [0, 0.1) is 0 Å². The Bertz CT molecular complexity index is 485. The van der Waals surface area contributed by atoms with Gasteiger partial charge in [0.15, 0.2) is 0 Å². The Labute approximate surface area is 81.9 Å². The van der Waals surface area contributed by atoms with Gasteiger partial charge in [0.1, 0.15) is 5.75 Å². The predicted octanol–water partition coefficient (Wildman–Crippen LogP) is 2.31. The molecule has 0 saturated carbocycles. The van der Waals surface area contributed by atoms with E-state index in [2.05, 4.69) is 0 Å². The highest BCUT2D eigenvalue weighted by Gasteiger charge is 2.08. The van der Waals surface area contributed by atoms with Gasteiger partial charge >= 0.3 is 0 Å². The average Bonchev–Trinajstić information content (AvgIpc) is 2.60. The van der Waals surface area contributed by atoms with E-state index in [-0.39, 0.29) is 5.91 Å². The van der Waals surface area contributed by atoms with Gasteiger partial charge < -0.3 is 4.74 Å². The minimum absolute atomic E-state index is 0.00972. The Kier molecular flexibility index (Phi) is 2.00. The molecule has 0 atom stereocenters. The first-order valence-corrected chi connectivity index (χ1v) is 4.39. The third-order valence-corrected chi connectivity index (χ3v) is 2.23. The number of hydrogen-bond acceptors (Lipinski definition) is 2. The number of para-hydroxylation sites is 1. The zero-order chi connectivity index (χ0) is 10.1. The van der Waals surface area contributed by atoms with Crippen LogP contribution in [0.15, 0.2) is 30.5 Å². The second-order valence-electron chi connectivity index (χ2n) is 3.10. The zero-order valence-electron chi connectivity index (χ0n) is 8.15. The van der Waals surface area contributed by atoms with Crippen LogP contribution in [-0.2, 0) is 0 Å². The molecule has 0 saturated heterocycles. The molecular weight excluding hydrogens is 178 g/mol. The van der Waals surface area contributed by atoms with Gasteiger partial charge in [-0.2, -0.15) is 0 Å². The third-order valence-electron chi connectivity index (χ3n) is 2.23. The van der Waals surface area contributed by atoms with E-state index in [4.69, 9.17) is 4.74 Å². The topological polar surface area (TPSA) is 31.2 Å². The Balaban J connectivity index is 2.81. The van der Waals surface area contributed by atoms with Gasteiger partial charge in [-0.05, 0) is 12.1 Å². The lowest BCUT2D eigenvalue weighted by molar-refractivity contribution is 0.0941. The molecule has 0 N–H and O–H groups in total. The molecule has 14 heavy (non-hydrogen) atoms.